The molecule has 1 saturated heterocycles. The van der Waals surface area contributed by atoms with Crippen LogP contribution in [-0.4, -0.2) is 41.6 Å². The third-order valence-corrected chi connectivity index (χ3v) is 3.73. The predicted octanol–water partition coefficient (Wildman–Crippen LogP) is 1.60. The van der Waals surface area contributed by atoms with E-state index in [1.165, 1.54) is 6.07 Å². The van der Waals surface area contributed by atoms with E-state index >= 15 is 0 Å². The number of hydrogen-bond acceptors (Lipinski definition) is 3. The number of halogens is 2. The van der Waals surface area contributed by atoms with Crippen LogP contribution in [0.4, 0.5) is 8.78 Å². The molecule has 4 nitrogen and oxygen atoms in total. The van der Waals surface area contributed by atoms with Crippen molar-refractivity contribution < 1.29 is 18.7 Å². The normalized spacial score (nSPS) is 17.8. The first-order valence-electron chi connectivity index (χ1n) is 7.14. The van der Waals surface area contributed by atoms with Crippen molar-refractivity contribution >= 4 is 5.91 Å². The Labute approximate surface area is 122 Å². The number of rotatable bonds is 5. The van der Waals surface area contributed by atoms with Gasteiger partial charge in [0.2, 0.25) is 5.91 Å². The molecule has 1 fully saturated rings. The third kappa shape index (κ3) is 3.98. The Morgan fingerprint density at radius 3 is 2.62 bits per heavy atom. The molecule has 1 heterocycles. The fourth-order valence-electron chi connectivity index (χ4n) is 2.42. The summed E-state index contributed by atoms with van der Waals surface area (Å²) in [6.07, 6.45) is 1.06. The summed E-state index contributed by atoms with van der Waals surface area (Å²) in [5.74, 6) is -1.94. The van der Waals surface area contributed by atoms with Crippen molar-refractivity contribution in [1.29, 1.82) is 0 Å². The lowest BCUT2D eigenvalue weighted by atomic mass is 10.1. The van der Waals surface area contributed by atoms with Gasteiger partial charge in [-0.25, -0.2) is 8.78 Å². The molecule has 2 unspecified atom stereocenters. The number of aliphatic hydroxyl groups is 1. The molecule has 0 aliphatic carbocycles. The van der Waals surface area contributed by atoms with Crippen LogP contribution in [0.5, 0.6) is 0 Å². The first-order valence-corrected chi connectivity index (χ1v) is 7.14. The lowest BCUT2D eigenvalue weighted by Gasteiger charge is -2.22. The minimum Gasteiger partial charge on any atom is -0.387 e. The van der Waals surface area contributed by atoms with Crippen molar-refractivity contribution in [2.75, 3.05) is 19.6 Å². The molecular formula is C15H20F2N2O2. The van der Waals surface area contributed by atoms with E-state index in [1.807, 2.05) is 0 Å². The maximum absolute atomic E-state index is 13.1. The molecule has 1 aliphatic heterocycles. The van der Waals surface area contributed by atoms with Crippen molar-refractivity contribution in [3.63, 3.8) is 0 Å². The van der Waals surface area contributed by atoms with Gasteiger partial charge >= 0.3 is 0 Å². The Bertz CT molecular complexity index is 504. The van der Waals surface area contributed by atoms with E-state index in [2.05, 4.69) is 5.32 Å². The Balaban J connectivity index is 1.86. The maximum Gasteiger partial charge on any atom is 0.239 e. The average Bonchev–Trinajstić information content (AvgIpc) is 3.00. The van der Waals surface area contributed by atoms with Crippen molar-refractivity contribution in [2.24, 2.45) is 0 Å². The van der Waals surface area contributed by atoms with Crippen LogP contribution >= 0.6 is 0 Å². The molecule has 0 aromatic heterocycles. The molecule has 6 heteroatoms. The van der Waals surface area contributed by atoms with Gasteiger partial charge in [-0.2, -0.15) is 0 Å². The lowest BCUT2D eigenvalue weighted by molar-refractivity contribution is -0.132. The van der Waals surface area contributed by atoms with Crippen LogP contribution in [0.2, 0.25) is 0 Å². The van der Waals surface area contributed by atoms with Crippen LogP contribution in [0.25, 0.3) is 0 Å². The summed E-state index contributed by atoms with van der Waals surface area (Å²) < 4.78 is 25.9. The van der Waals surface area contributed by atoms with Crippen LogP contribution in [0, 0.1) is 11.6 Å². The minimum absolute atomic E-state index is 0.00462. The van der Waals surface area contributed by atoms with Crippen molar-refractivity contribution in [2.45, 2.75) is 31.9 Å². The van der Waals surface area contributed by atoms with E-state index in [0.29, 0.717) is 0 Å². The molecule has 1 aliphatic rings. The topological polar surface area (TPSA) is 52.6 Å². The van der Waals surface area contributed by atoms with Crippen LogP contribution in [0.1, 0.15) is 31.4 Å². The Hall–Kier alpha value is -1.53. The molecule has 1 amide bonds. The molecule has 0 radical (unpaired) electrons. The highest BCUT2D eigenvalue weighted by Gasteiger charge is 2.23. The second kappa shape index (κ2) is 6.95. The SMILES string of the molecule is CC(NCC(O)c1ccc(F)c(F)c1)C(=O)N1CCCC1. The van der Waals surface area contributed by atoms with E-state index in [9.17, 15) is 18.7 Å². The summed E-state index contributed by atoms with van der Waals surface area (Å²) in [6.45, 7) is 3.39. The zero-order valence-electron chi connectivity index (χ0n) is 12.0. The highest BCUT2D eigenvalue weighted by molar-refractivity contribution is 5.81. The molecule has 116 valence electrons. The highest BCUT2D eigenvalue weighted by Crippen LogP contribution is 2.16. The van der Waals surface area contributed by atoms with Gasteiger partial charge in [0.05, 0.1) is 12.1 Å². The third-order valence-electron chi connectivity index (χ3n) is 3.73. The van der Waals surface area contributed by atoms with Crippen LogP contribution in [-0.2, 0) is 4.79 Å². The summed E-state index contributed by atoms with van der Waals surface area (Å²) in [5, 5.41) is 12.9. The fourth-order valence-corrected chi connectivity index (χ4v) is 2.42. The summed E-state index contributed by atoms with van der Waals surface area (Å²) in [5.41, 5.74) is 0.280. The zero-order chi connectivity index (χ0) is 15.4. The second-order valence-electron chi connectivity index (χ2n) is 5.35. The molecule has 2 rings (SSSR count). The van der Waals surface area contributed by atoms with Crippen LogP contribution < -0.4 is 5.32 Å². The van der Waals surface area contributed by atoms with Gasteiger partial charge in [0.1, 0.15) is 0 Å². The standard InChI is InChI=1S/C15H20F2N2O2/c1-10(15(21)19-6-2-3-7-19)18-9-14(20)11-4-5-12(16)13(17)8-11/h4-5,8,10,14,18,20H,2-3,6-7,9H2,1H3. The van der Waals surface area contributed by atoms with E-state index in [0.717, 1.165) is 38.1 Å². The van der Waals surface area contributed by atoms with Crippen LogP contribution in [0.15, 0.2) is 18.2 Å². The number of likely N-dealkylation sites (tertiary alicyclic amines) is 1. The molecule has 0 saturated carbocycles. The van der Waals surface area contributed by atoms with E-state index in [1.54, 1.807) is 11.8 Å². The van der Waals surface area contributed by atoms with Gasteiger partial charge in [-0.15, -0.1) is 0 Å². The van der Waals surface area contributed by atoms with Crippen LogP contribution in [0.3, 0.4) is 0 Å². The molecule has 2 atom stereocenters. The summed E-state index contributed by atoms with van der Waals surface area (Å²) in [7, 11) is 0. The molecule has 21 heavy (non-hydrogen) atoms. The summed E-state index contributed by atoms with van der Waals surface area (Å²) in [4.78, 5) is 13.9. The predicted molar refractivity (Wildman–Crippen MR) is 74.6 cm³/mol. The number of nitrogens with one attached hydrogen (secondary N) is 1. The van der Waals surface area contributed by atoms with Crippen molar-refractivity contribution in [3.8, 4) is 0 Å². The second-order valence-corrected chi connectivity index (χ2v) is 5.35. The molecule has 1 aromatic carbocycles. The first kappa shape index (κ1) is 15.9. The smallest absolute Gasteiger partial charge is 0.239 e. The molecule has 1 aromatic rings. The Morgan fingerprint density at radius 1 is 1.33 bits per heavy atom. The van der Waals surface area contributed by atoms with Gasteiger partial charge in [-0.05, 0) is 37.5 Å². The number of carbonyl (C=O) groups excluding carboxylic acids is 1. The number of aliphatic hydroxyl groups excluding tert-OH is 1. The average molecular weight is 298 g/mol. The van der Waals surface area contributed by atoms with Crippen molar-refractivity contribution in [1.82, 2.24) is 10.2 Å². The highest BCUT2D eigenvalue weighted by atomic mass is 19.2. The molecule has 0 spiro atoms. The number of carbonyl (C=O) groups is 1. The number of hydrogen-bond donors (Lipinski definition) is 2. The zero-order valence-corrected chi connectivity index (χ0v) is 12.0. The largest absolute Gasteiger partial charge is 0.387 e. The minimum atomic E-state index is -0.993. The summed E-state index contributed by atoms with van der Waals surface area (Å²) in [6, 6.07) is 2.86. The van der Waals surface area contributed by atoms with Gasteiger partial charge in [-0.3, -0.25) is 4.79 Å². The molecular weight excluding hydrogens is 278 g/mol. The number of amides is 1. The van der Waals surface area contributed by atoms with E-state index < -0.39 is 23.8 Å². The Morgan fingerprint density at radius 2 is 2.00 bits per heavy atom. The van der Waals surface area contributed by atoms with Gasteiger partial charge in [0.25, 0.3) is 0 Å². The van der Waals surface area contributed by atoms with Gasteiger partial charge in [0.15, 0.2) is 11.6 Å². The van der Waals surface area contributed by atoms with Gasteiger partial charge in [-0.1, -0.05) is 6.07 Å². The first-order chi connectivity index (χ1) is 9.99. The number of nitrogens with zero attached hydrogens (tertiary/aromatic N) is 1. The van der Waals surface area contributed by atoms with E-state index in [4.69, 9.17) is 0 Å². The summed E-state index contributed by atoms with van der Waals surface area (Å²) >= 11 is 0. The van der Waals surface area contributed by atoms with Gasteiger partial charge < -0.3 is 15.3 Å². The number of benzene rings is 1. The lowest BCUT2D eigenvalue weighted by Crippen LogP contribution is -2.44. The molecule has 2 N–H and O–H groups in total. The quantitative estimate of drug-likeness (QED) is 0.868. The maximum atomic E-state index is 13.1. The monoisotopic (exact) mass is 298 g/mol. The Kier molecular flexibility index (Phi) is 5.25. The van der Waals surface area contributed by atoms with Crippen molar-refractivity contribution in [3.05, 3.63) is 35.4 Å². The van der Waals surface area contributed by atoms with E-state index in [-0.39, 0.29) is 18.0 Å². The molecule has 0 bridgehead atoms. The fraction of sp³-hybridized carbons (Fsp3) is 0.533. The van der Waals surface area contributed by atoms with Gasteiger partial charge in [0, 0.05) is 19.6 Å².